The number of benzene rings is 2. The zero-order valence-corrected chi connectivity index (χ0v) is 14.7. The summed E-state index contributed by atoms with van der Waals surface area (Å²) in [4.78, 5) is 4.54. The first kappa shape index (κ1) is 14.7. The van der Waals surface area contributed by atoms with Gasteiger partial charge in [-0.1, -0.05) is 18.2 Å². The Bertz CT molecular complexity index is 1080. The van der Waals surface area contributed by atoms with Crippen LogP contribution in [0.3, 0.4) is 0 Å². The Labute approximate surface area is 146 Å². The van der Waals surface area contributed by atoms with E-state index in [0.29, 0.717) is 6.04 Å². The Morgan fingerprint density at radius 3 is 2.76 bits per heavy atom. The molecule has 2 heterocycles. The van der Waals surface area contributed by atoms with Crippen LogP contribution in [-0.2, 0) is 7.05 Å². The van der Waals surface area contributed by atoms with Gasteiger partial charge in [0, 0.05) is 0 Å². The van der Waals surface area contributed by atoms with Crippen molar-refractivity contribution in [3.05, 3.63) is 48.4 Å². The van der Waals surface area contributed by atoms with E-state index < -0.39 is 0 Å². The first-order valence-electron chi connectivity index (χ1n) is 9.08. The van der Waals surface area contributed by atoms with E-state index in [-0.39, 0.29) is 0 Å². The molecule has 0 radical (unpaired) electrons. The number of imidazole rings is 1. The third-order valence-electron chi connectivity index (χ3n) is 5.67. The maximum atomic E-state index is 5.58. The summed E-state index contributed by atoms with van der Waals surface area (Å²) in [6, 6.07) is 13.4. The lowest BCUT2D eigenvalue weighted by atomic mass is 10.1. The second-order valence-electron chi connectivity index (χ2n) is 7.14. The summed E-state index contributed by atoms with van der Waals surface area (Å²) in [5.41, 5.74) is 6.81. The Morgan fingerprint density at radius 1 is 1.12 bits per heavy atom. The van der Waals surface area contributed by atoms with E-state index in [4.69, 9.17) is 4.42 Å². The van der Waals surface area contributed by atoms with Crippen LogP contribution < -0.4 is 4.57 Å². The summed E-state index contributed by atoms with van der Waals surface area (Å²) in [7, 11) is 2.17. The highest BCUT2D eigenvalue weighted by atomic mass is 16.3. The van der Waals surface area contributed by atoms with Crippen molar-refractivity contribution in [1.29, 1.82) is 0 Å². The Morgan fingerprint density at radius 2 is 1.92 bits per heavy atom. The maximum Gasteiger partial charge on any atom is 0.292 e. The minimum absolute atomic E-state index is 0.558. The molecule has 0 atom stereocenters. The van der Waals surface area contributed by atoms with Crippen LogP contribution in [0.2, 0.25) is 0 Å². The molecule has 0 spiro atoms. The minimum atomic E-state index is 0.558. The van der Waals surface area contributed by atoms with Crippen molar-refractivity contribution < 1.29 is 8.98 Å². The SMILES string of the molecule is Cc1ccc2ocnc2c1-c1n(C2CCCC2)c2ccccc2[n+]1C. The molecule has 2 aromatic heterocycles. The van der Waals surface area contributed by atoms with Gasteiger partial charge in [-0.25, -0.2) is 14.1 Å². The van der Waals surface area contributed by atoms with Crippen LogP contribution in [0.1, 0.15) is 37.3 Å². The molecular formula is C21H22N3O+. The molecule has 4 heteroatoms. The summed E-state index contributed by atoms with van der Waals surface area (Å²) >= 11 is 0. The van der Waals surface area contributed by atoms with Crippen LogP contribution in [0.15, 0.2) is 47.2 Å². The van der Waals surface area contributed by atoms with Crippen LogP contribution in [0.5, 0.6) is 0 Å². The fourth-order valence-electron chi connectivity index (χ4n) is 4.48. The summed E-state index contributed by atoms with van der Waals surface area (Å²) in [5.74, 6) is 1.24. The molecule has 0 N–H and O–H groups in total. The van der Waals surface area contributed by atoms with Gasteiger partial charge in [-0.3, -0.25) is 0 Å². The van der Waals surface area contributed by atoms with Gasteiger partial charge in [0.25, 0.3) is 5.82 Å². The lowest BCUT2D eigenvalue weighted by Crippen LogP contribution is -2.31. The lowest BCUT2D eigenvalue weighted by molar-refractivity contribution is -0.634. The van der Waals surface area contributed by atoms with Gasteiger partial charge in [0.2, 0.25) is 0 Å². The molecule has 1 fully saturated rings. The zero-order valence-electron chi connectivity index (χ0n) is 14.7. The van der Waals surface area contributed by atoms with Crippen LogP contribution >= 0.6 is 0 Å². The predicted molar refractivity (Wildman–Crippen MR) is 98.4 cm³/mol. The third kappa shape index (κ3) is 2.06. The van der Waals surface area contributed by atoms with Gasteiger partial charge in [0.1, 0.15) is 11.6 Å². The minimum Gasteiger partial charge on any atom is -0.443 e. The number of nitrogens with zero attached hydrogens (tertiary/aromatic N) is 3. The van der Waals surface area contributed by atoms with Gasteiger partial charge in [0.05, 0.1) is 12.6 Å². The van der Waals surface area contributed by atoms with E-state index in [9.17, 15) is 0 Å². The fourth-order valence-corrected chi connectivity index (χ4v) is 4.48. The fraction of sp³-hybridized carbons (Fsp3) is 0.333. The lowest BCUT2D eigenvalue weighted by Gasteiger charge is -2.11. The van der Waals surface area contributed by atoms with E-state index in [2.05, 4.69) is 58.4 Å². The largest absolute Gasteiger partial charge is 0.443 e. The van der Waals surface area contributed by atoms with Crippen molar-refractivity contribution in [3.8, 4) is 11.4 Å². The molecule has 2 aromatic carbocycles. The number of aromatic nitrogens is 3. The van der Waals surface area contributed by atoms with E-state index in [1.54, 1.807) is 6.39 Å². The van der Waals surface area contributed by atoms with Crippen molar-refractivity contribution in [2.24, 2.45) is 7.05 Å². The molecule has 0 bridgehead atoms. The van der Waals surface area contributed by atoms with Gasteiger partial charge in [0.15, 0.2) is 23.0 Å². The number of rotatable bonds is 2. The topological polar surface area (TPSA) is 34.8 Å². The van der Waals surface area contributed by atoms with Crippen LogP contribution in [0.25, 0.3) is 33.5 Å². The molecule has 0 saturated heterocycles. The van der Waals surface area contributed by atoms with Crippen LogP contribution in [-0.4, -0.2) is 9.55 Å². The van der Waals surface area contributed by atoms with E-state index in [1.807, 2.05) is 6.07 Å². The maximum absolute atomic E-state index is 5.58. The quantitative estimate of drug-likeness (QED) is 0.499. The molecular weight excluding hydrogens is 310 g/mol. The normalized spacial score (nSPS) is 15.6. The van der Waals surface area contributed by atoms with Gasteiger partial charge in [-0.2, -0.15) is 0 Å². The second kappa shape index (κ2) is 5.45. The molecule has 4 aromatic rings. The molecule has 0 aliphatic heterocycles. The highest BCUT2D eigenvalue weighted by Crippen LogP contribution is 2.38. The van der Waals surface area contributed by atoms with Crippen molar-refractivity contribution in [2.75, 3.05) is 0 Å². The van der Waals surface area contributed by atoms with Gasteiger partial charge in [-0.05, 0) is 56.4 Å². The highest BCUT2D eigenvalue weighted by molar-refractivity contribution is 5.91. The van der Waals surface area contributed by atoms with Gasteiger partial charge in [-0.15, -0.1) is 0 Å². The number of hydrogen-bond acceptors (Lipinski definition) is 2. The summed E-state index contributed by atoms with van der Waals surface area (Å²) < 4.78 is 10.5. The average molecular weight is 332 g/mol. The van der Waals surface area contributed by atoms with E-state index in [1.165, 1.54) is 53.7 Å². The van der Waals surface area contributed by atoms with Crippen LogP contribution in [0.4, 0.5) is 0 Å². The third-order valence-corrected chi connectivity index (χ3v) is 5.67. The summed E-state index contributed by atoms with van der Waals surface area (Å²) in [6.07, 6.45) is 6.68. The molecule has 4 nitrogen and oxygen atoms in total. The predicted octanol–water partition coefficient (Wildman–Crippen LogP) is 4.70. The number of oxazole rings is 1. The molecule has 5 rings (SSSR count). The van der Waals surface area contributed by atoms with Crippen molar-refractivity contribution >= 4 is 22.1 Å². The number of hydrogen-bond donors (Lipinski definition) is 0. The monoisotopic (exact) mass is 332 g/mol. The van der Waals surface area contributed by atoms with Crippen molar-refractivity contribution in [2.45, 2.75) is 38.6 Å². The first-order valence-corrected chi connectivity index (χ1v) is 9.08. The van der Waals surface area contributed by atoms with E-state index in [0.717, 1.165) is 11.1 Å². The Balaban J connectivity index is 1.92. The number of aryl methyl sites for hydroxylation is 2. The molecule has 1 saturated carbocycles. The van der Waals surface area contributed by atoms with E-state index >= 15 is 0 Å². The summed E-state index contributed by atoms with van der Waals surface area (Å²) in [5, 5.41) is 0. The van der Waals surface area contributed by atoms with Gasteiger partial charge < -0.3 is 4.42 Å². The molecule has 25 heavy (non-hydrogen) atoms. The van der Waals surface area contributed by atoms with Crippen LogP contribution in [0, 0.1) is 6.92 Å². The molecule has 126 valence electrons. The first-order chi connectivity index (χ1) is 12.3. The molecule has 1 aliphatic rings. The standard InChI is InChI=1S/C21H22N3O/c1-14-11-12-18-20(22-13-25-18)19(14)21-23(2)16-9-5-6-10-17(16)24(21)15-7-3-4-8-15/h5-6,9-13,15H,3-4,7-8H2,1-2H3/q+1. The molecule has 0 amide bonds. The van der Waals surface area contributed by atoms with Crippen molar-refractivity contribution in [1.82, 2.24) is 9.55 Å². The number of para-hydroxylation sites is 2. The zero-order chi connectivity index (χ0) is 17.0. The number of fused-ring (bicyclic) bond motifs is 2. The molecule has 1 aliphatic carbocycles. The van der Waals surface area contributed by atoms with Crippen molar-refractivity contribution in [3.63, 3.8) is 0 Å². The smallest absolute Gasteiger partial charge is 0.292 e. The summed E-state index contributed by atoms with van der Waals surface area (Å²) in [6.45, 7) is 2.17. The highest BCUT2D eigenvalue weighted by Gasteiger charge is 2.33. The molecule has 0 unspecified atom stereocenters. The Kier molecular flexibility index (Phi) is 3.20. The Hall–Kier alpha value is -2.62. The average Bonchev–Trinajstić information content (AvgIpc) is 3.35. The van der Waals surface area contributed by atoms with Gasteiger partial charge >= 0.3 is 0 Å². The second-order valence-corrected chi connectivity index (χ2v) is 7.14.